The Kier molecular flexibility index (Phi) is 3.50. The second-order valence-electron chi connectivity index (χ2n) is 5.58. The number of morpholine rings is 1. The average Bonchev–Trinajstić information content (AvgIpc) is 2.46. The summed E-state index contributed by atoms with van der Waals surface area (Å²) in [5.74, 6) is 0. The number of alkyl halides is 3. The minimum Gasteiger partial charge on any atom is -0.375 e. The number of hydrogen-bond acceptors (Lipinski definition) is 2. The van der Waals surface area contributed by atoms with Crippen LogP contribution in [0.2, 0.25) is 0 Å². The van der Waals surface area contributed by atoms with Gasteiger partial charge in [0.1, 0.15) is 0 Å². The van der Waals surface area contributed by atoms with Crippen molar-refractivity contribution in [1.82, 2.24) is 5.32 Å². The van der Waals surface area contributed by atoms with Crippen molar-refractivity contribution in [3.05, 3.63) is 35.4 Å². The van der Waals surface area contributed by atoms with Gasteiger partial charge in [-0.25, -0.2) is 0 Å². The van der Waals surface area contributed by atoms with Crippen LogP contribution in [0.15, 0.2) is 24.3 Å². The quantitative estimate of drug-likeness (QED) is 0.853. The van der Waals surface area contributed by atoms with Crippen LogP contribution in [0.25, 0.3) is 0 Å². The molecule has 2 unspecified atom stereocenters. The number of fused-ring (bicyclic) bond motifs is 1. The lowest BCUT2D eigenvalue weighted by atomic mass is 9.73. The van der Waals surface area contributed by atoms with Crippen molar-refractivity contribution in [3.63, 3.8) is 0 Å². The maximum atomic E-state index is 12.7. The second kappa shape index (κ2) is 5.04. The molecule has 2 aliphatic rings. The predicted octanol–water partition coefficient (Wildman–Crippen LogP) is 3.46. The van der Waals surface area contributed by atoms with E-state index in [1.54, 1.807) is 12.1 Å². The number of rotatable bonds is 1. The molecule has 1 saturated carbocycles. The van der Waals surface area contributed by atoms with Crippen molar-refractivity contribution in [2.24, 2.45) is 0 Å². The van der Waals surface area contributed by atoms with Crippen molar-refractivity contribution in [1.29, 1.82) is 0 Å². The summed E-state index contributed by atoms with van der Waals surface area (Å²) in [4.78, 5) is 0. The number of hydrogen-bond donors (Lipinski definition) is 1. The Morgan fingerprint density at radius 2 is 1.90 bits per heavy atom. The molecule has 1 aliphatic carbocycles. The van der Waals surface area contributed by atoms with E-state index in [1.165, 1.54) is 12.1 Å². The zero-order valence-electron chi connectivity index (χ0n) is 11.2. The van der Waals surface area contributed by atoms with Gasteiger partial charge in [0.15, 0.2) is 0 Å². The summed E-state index contributed by atoms with van der Waals surface area (Å²) >= 11 is 0. The number of nitrogens with one attached hydrogen (secondary N) is 1. The van der Waals surface area contributed by atoms with Crippen molar-refractivity contribution in [3.8, 4) is 0 Å². The highest BCUT2D eigenvalue weighted by Crippen LogP contribution is 2.41. The van der Waals surface area contributed by atoms with Gasteiger partial charge in [-0.3, -0.25) is 0 Å². The Morgan fingerprint density at radius 1 is 1.15 bits per heavy atom. The first-order valence-corrected chi connectivity index (χ1v) is 7.07. The molecule has 1 aromatic rings. The Morgan fingerprint density at radius 3 is 2.60 bits per heavy atom. The van der Waals surface area contributed by atoms with Crippen LogP contribution in [-0.2, 0) is 16.5 Å². The van der Waals surface area contributed by atoms with E-state index < -0.39 is 11.7 Å². The van der Waals surface area contributed by atoms with Crippen LogP contribution in [0.5, 0.6) is 0 Å². The fourth-order valence-corrected chi connectivity index (χ4v) is 3.43. The normalized spacial score (nSPS) is 30.9. The van der Waals surface area contributed by atoms with Gasteiger partial charge in [-0.2, -0.15) is 13.2 Å². The summed E-state index contributed by atoms with van der Waals surface area (Å²) in [5, 5.41) is 3.50. The molecular formula is C15H18F3NO. The summed E-state index contributed by atoms with van der Waals surface area (Å²) in [6, 6.07) is 5.55. The van der Waals surface area contributed by atoms with Crippen LogP contribution in [0, 0.1) is 0 Å². The molecule has 20 heavy (non-hydrogen) atoms. The smallest absolute Gasteiger partial charge is 0.375 e. The third-order valence-electron chi connectivity index (χ3n) is 4.43. The van der Waals surface area contributed by atoms with Gasteiger partial charge in [-0.05, 0) is 30.5 Å². The van der Waals surface area contributed by atoms with Crippen molar-refractivity contribution < 1.29 is 17.9 Å². The van der Waals surface area contributed by atoms with Gasteiger partial charge in [-0.15, -0.1) is 0 Å². The van der Waals surface area contributed by atoms with Crippen molar-refractivity contribution in [2.45, 2.75) is 43.5 Å². The molecule has 1 aliphatic heterocycles. The predicted molar refractivity (Wildman–Crippen MR) is 69.3 cm³/mol. The molecule has 1 N–H and O–H groups in total. The van der Waals surface area contributed by atoms with E-state index in [1.807, 2.05) is 0 Å². The number of benzene rings is 1. The Balaban J connectivity index is 1.93. The van der Waals surface area contributed by atoms with Gasteiger partial charge in [0, 0.05) is 6.54 Å². The van der Waals surface area contributed by atoms with Gasteiger partial charge >= 0.3 is 6.18 Å². The molecule has 5 heteroatoms. The summed E-state index contributed by atoms with van der Waals surface area (Å²) < 4.78 is 43.8. The maximum absolute atomic E-state index is 12.7. The fourth-order valence-electron chi connectivity index (χ4n) is 3.43. The Labute approximate surface area is 116 Å². The molecule has 0 radical (unpaired) electrons. The zero-order valence-corrected chi connectivity index (χ0v) is 11.2. The minimum absolute atomic E-state index is 0.0711. The molecule has 0 amide bonds. The Hall–Kier alpha value is -1.07. The average molecular weight is 285 g/mol. The van der Waals surface area contributed by atoms with E-state index in [-0.39, 0.29) is 11.6 Å². The van der Waals surface area contributed by atoms with Crippen molar-refractivity contribution in [2.75, 3.05) is 13.2 Å². The molecule has 0 spiro atoms. The SMILES string of the molecule is FC(F)(F)c1ccc(C23CCCCC2OCCN3)cc1. The third kappa shape index (κ3) is 2.33. The molecule has 2 atom stereocenters. The van der Waals surface area contributed by atoms with E-state index >= 15 is 0 Å². The number of ether oxygens (including phenoxy) is 1. The monoisotopic (exact) mass is 285 g/mol. The van der Waals surface area contributed by atoms with Gasteiger partial charge in [0.05, 0.1) is 23.8 Å². The summed E-state index contributed by atoms with van der Waals surface area (Å²) in [5.41, 5.74) is 0.0114. The first-order chi connectivity index (χ1) is 9.52. The molecule has 110 valence electrons. The van der Waals surface area contributed by atoms with Crippen LogP contribution in [0.1, 0.15) is 36.8 Å². The van der Waals surface area contributed by atoms with E-state index in [9.17, 15) is 13.2 Å². The molecule has 0 aromatic heterocycles. The fraction of sp³-hybridized carbons (Fsp3) is 0.600. The van der Waals surface area contributed by atoms with Gasteiger partial charge < -0.3 is 10.1 Å². The highest BCUT2D eigenvalue weighted by atomic mass is 19.4. The van der Waals surface area contributed by atoms with Gasteiger partial charge in [-0.1, -0.05) is 25.0 Å². The molecule has 1 heterocycles. The minimum atomic E-state index is -4.28. The third-order valence-corrected chi connectivity index (χ3v) is 4.43. The van der Waals surface area contributed by atoms with Crippen LogP contribution < -0.4 is 5.32 Å². The largest absolute Gasteiger partial charge is 0.416 e. The molecule has 2 nitrogen and oxygen atoms in total. The topological polar surface area (TPSA) is 21.3 Å². The summed E-state index contributed by atoms with van der Waals surface area (Å²) in [7, 11) is 0. The summed E-state index contributed by atoms with van der Waals surface area (Å²) in [6.45, 7) is 1.42. The van der Waals surface area contributed by atoms with Crippen LogP contribution in [-0.4, -0.2) is 19.3 Å². The zero-order chi connectivity index (χ0) is 14.2. The highest BCUT2D eigenvalue weighted by molar-refractivity contribution is 5.32. The van der Waals surface area contributed by atoms with Gasteiger partial charge in [0.25, 0.3) is 0 Å². The summed E-state index contributed by atoms with van der Waals surface area (Å²) in [6.07, 6.45) is -0.125. The molecule has 0 bridgehead atoms. The van der Waals surface area contributed by atoms with E-state index in [2.05, 4.69) is 5.32 Å². The lowest BCUT2D eigenvalue weighted by Crippen LogP contribution is -2.59. The first-order valence-electron chi connectivity index (χ1n) is 7.07. The lowest BCUT2D eigenvalue weighted by molar-refractivity contribution is -0.137. The maximum Gasteiger partial charge on any atom is 0.416 e. The molecule has 1 saturated heterocycles. The van der Waals surface area contributed by atoms with E-state index in [4.69, 9.17) is 4.74 Å². The lowest BCUT2D eigenvalue weighted by Gasteiger charge is -2.48. The van der Waals surface area contributed by atoms with Gasteiger partial charge in [0.2, 0.25) is 0 Å². The highest BCUT2D eigenvalue weighted by Gasteiger charge is 2.44. The van der Waals surface area contributed by atoms with E-state index in [0.29, 0.717) is 6.61 Å². The molecule has 2 fully saturated rings. The van der Waals surface area contributed by atoms with E-state index in [0.717, 1.165) is 37.8 Å². The second-order valence-corrected chi connectivity index (χ2v) is 5.58. The van der Waals surface area contributed by atoms with Crippen molar-refractivity contribution >= 4 is 0 Å². The Bertz CT molecular complexity index is 457. The first kappa shape index (κ1) is 13.9. The number of halogens is 3. The molecular weight excluding hydrogens is 267 g/mol. The molecule has 3 rings (SSSR count). The van der Waals surface area contributed by atoms with Crippen LogP contribution in [0.4, 0.5) is 13.2 Å². The standard InChI is InChI=1S/C15H18F3NO/c16-15(17,18)12-6-4-11(5-7-12)14-8-2-1-3-13(14)20-10-9-19-14/h4-7,13,19H,1-3,8-10H2. The van der Waals surface area contributed by atoms with Crippen LogP contribution in [0.3, 0.4) is 0 Å². The molecule has 1 aromatic carbocycles. The van der Waals surface area contributed by atoms with Crippen LogP contribution >= 0.6 is 0 Å².